The molecule has 0 saturated carbocycles. The number of hydrogen-bond donors (Lipinski definition) is 1. The fraction of sp³-hybridized carbons (Fsp3) is 0.577. The Balaban J connectivity index is 1.50. The molecule has 1 aliphatic carbocycles. The molecule has 3 aliphatic rings. The molecule has 184 valence electrons. The molecule has 2 aliphatic heterocycles. The predicted molar refractivity (Wildman–Crippen MR) is 130 cm³/mol. The quantitative estimate of drug-likeness (QED) is 0.445. The summed E-state index contributed by atoms with van der Waals surface area (Å²) in [6, 6.07) is 7.05. The number of urea groups is 1. The first kappa shape index (κ1) is 24.7. The molecule has 1 N–H and O–H groups in total. The van der Waals surface area contributed by atoms with E-state index in [1.165, 1.54) is 16.9 Å². The molecule has 34 heavy (non-hydrogen) atoms. The van der Waals surface area contributed by atoms with Crippen molar-refractivity contribution < 1.29 is 19.1 Å². The van der Waals surface area contributed by atoms with E-state index in [-0.39, 0.29) is 30.9 Å². The molecule has 4 rings (SSSR count). The zero-order chi connectivity index (χ0) is 24.1. The molecule has 0 radical (unpaired) electrons. The van der Waals surface area contributed by atoms with Gasteiger partial charge in [0.1, 0.15) is 5.54 Å². The van der Waals surface area contributed by atoms with E-state index in [1.807, 2.05) is 23.1 Å². The van der Waals surface area contributed by atoms with Crippen LogP contribution in [-0.4, -0.2) is 66.5 Å². The van der Waals surface area contributed by atoms with E-state index in [1.54, 1.807) is 13.2 Å². The maximum Gasteiger partial charge on any atom is 0.325 e. The van der Waals surface area contributed by atoms with Gasteiger partial charge in [0.15, 0.2) is 0 Å². The highest BCUT2D eigenvalue weighted by atomic mass is 35.5. The van der Waals surface area contributed by atoms with Crippen molar-refractivity contribution in [3.63, 3.8) is 0 Å². The third kappa shape index (κ3) is 5.15. The van der Waals surface area contributed by atoms with Crippen LogP contribution in [0.1, 0.15) is 50.5 Å². The van der Waals surface area contributed by atoms with Gasteiger partial charge in [-0.3, -0.25) is 14.5 Å². The predicted octanol–water partition coefficient (Wildman–Crippen LogP) is 3.95. The smallest absolute Gasteiger partial charge is 0.325 e. The fourth-order valence-corrected chi connectivity index (χ4v) is 5.71. The SMILES string of the molecule is COCCN1C(=O)NC(Cc2ccccc2Cl)(C2CCN(C(=O)CC3=CCCCC3)CC2)C1=O. The van der Waals surface area contributed by atoms with Crippen molar-refractivity contribution in [2.24, 2.45) is 5.92 Å². The number of rotatable bonds is 8. The number of piperidine rings is 1. The topological polar surface area (TPSA) is 79.0 Å². The second kappa shape index (κ2) is 10.9. The van der Waals surface area contributed by atoms with E-state index in [0.29, 0.717) is 43.8 Å². The minimum Gasteiger partial charge on any atom is -0.383 e. The van der Waals surface area contributed by atoms with Gasteiger partial charge < -0.3 is 15.0 Å². The Morgan fingerprint density at radius 3 is 2.65 bits per heavy atom. The van der Waals surface area contributed by atoms with Gasteiger partial charge in [0.25, 0.3) is 5.91 Å². The normalized spacial score (nSPS) is 23.8. The van der Waals surface area contributed by atoms with E-state index in [4.69, 9.17) is 16.3 Å². The Bertz CT molecular complexity index is 957. The Hall–Kier alpha value is -2.38. The number of nitrogens with one attached hydrogen (secondary N) is 1. The lowest BCUT2D eigenvalue weighted by Gasteiger charge is -2.41. The van der Waals surface area contributed by atoms with Gasteiger partial charge >= 0.3 is 6.03 Å². The van der Waals surface area contributed by atoms with E-state index < -0.39 is 11.6 Å². The van der Waals surface area contributed by atoms with Crippen LogP contribution in [0.4, 0.5) is 4.79 Å². The van der Waals surface area contributed by atoms with E-state index in [2.05, 4.69) is 11.4 Å². The van der Waals surface area contributed by atoms with E-state index in [9.17, 15) is 14.4 Å². The number of allylic oxidation sites excluding steroid dienone is 1. The summed E-state index contributed by atoms with van der Waals surface area (Å²) in [4.78, 5) is 42.6. The van der Waals surface area contributed by atoms with Crippen molar-refractivity contribution in [2.45, 2.75) is 56.9 Å². The maximum atomic E-state index is 13.7. The first-order valence-corrected chi connectivity index (χ1v) is 12.6. The van der Waals surface area contributed by atoms with Crippen molar-refractivity contribution in [1.82, 2.24) is 15.1 Å². The number of amides is 4. The van der Waals surface area contributed by atoms with Gasteiger partial charge in [0, 0.05) is 38.1 Å². The standard InChI is InChI=1S/C26H34ClN3O4/c1-34-16-15-30-24(32)26(28-25(30)33,18-20-9-5-6-10-22(20)27)21-11-13-29(14-12-21)23(31)17-19-7-3-2-4-8-19/h5-7,9-10,21H,2-4,8,11-18H2,1H3,(H,28,33). The van der Waals surface area contributed by atoms with Crippen LogP contribution in [0.25, 0.3) is 0 Å². The van der Waals surface area contributed by atoms with E-state index in [0.717, 1.165) is 24.8 Å². The highest BCUT2D eigenvalue weighted by molar-refractivity contribution is 6.31. The summed E-state index contributed by atoms with van der Waals surface area (Å²) < 4.78 is 5.11. The highest BCUT2D eigenvalue weighted by Crippen LogP contribution is 2.38. The lowest BCUT2D eigenvalue weighted by atomic mass is 9.73. The van der Waals surface area contributed by atoms with Crippen LogP contribution >= 0.6 is 11.6 Å². The fourth-order valence-electron chi connectivity index (χ4n) is 5.51. The van der Waals surface area contributed by atoms with Gasteiger partial charge in [-0.15, -0.1) is 0 Å². The zero-order valence-electron chi connectivity index (χ0n) is 19.9. The first-order valence-electron chi connectivity index (χ1n) is 12.3. The third-order valence-corrected chi connectivity index (χ3v) is 7.82. The summed E-state index contributed by atoms with van der Waals surface area (Å²) >= 11 is 6.45. The van der Waals surface area contributed by atoms with Crippen LogP contribution in [0.5, 0.6) is 0 Å². The average molecular weight is 488 g/mol. The second-order valence-electron chi connectivity index (χ2n) is 9.56. The van der Waals surface area contributed by atoms with Gasteiger partial charge in [0.2, 0.25) is 5.91 Å². The molecule has 1 unspecified atom stereocenters. The van der Waals surface area contributed by atoms with Crippen molar-refractivity contribution in [1.29, 1.82) is 0 Å². The van der Waals surface area contributed by atoms with Crippen molar-refractivity contribution >= 4 is 29.4 Å². The number of halogens is 1. The van der Waals surface area contributed by atoms with Crippen molar-refractivity contribution in [3.8, 4) is 0 Å². The summed E-state index contributed by atoms with van der Waals surface area (Å²) in [5.74, 6) is -0.160. The summed E-state index contributed by atoms with van der Waals surface area (Å²) in [5, 5.41) is 3.62. The van der Waals surface area contributed by atoms with Gasteiger partial charge in [-0.25, -0.2) is 4.79 Å². The number of benzene rings is 1. The molecular formula is C26H34ClN3O4. The number of ether oxygens (including phenoxy) is 1. The Morgan fingerprint density at radius 1 is 1.21 bits per heavy atom. The van der Waals surface area contributed by atoms with E-state index >= 15 is 0 Å². The van der Waals surface area contributed by atoms with Gasteiger partial charge in [-0.2, -0.15) is 0 Å². The third-order valence-electron chi connectivity index (χ3n) is 7.46. The number of carbonyl (C=O) groups excluding carboxylic acids is 3. The molecule has 7 nitrogen and oxygen atoms in total. The monoisotopic (exact) mass is 487 g/mol. The summed E-state index contributed by atoms with van der Waals surface area (Å²) in [7, 11) is 1.55. The summed E-state index contributed by atoms with van der Waals surface area (Å²) in [6.45, 7) is 1.66. The minimum absolute atomic E-state index is 0.0919. The first-order chi connectivity index (χ1) is 16.4. The number of likely N-dealkylation sites (tertiary alicyclic amines) is 1. The van der Waals surface area contributed by atoms with Crippen LogP contribution in [0.2, 0.25) is 5.02 Å². The summed E-state index contributed by atoms with van der Waals surface area (Å²) in [6.07, 6.45) is 8.79. The molecule has 1 aromatic rings. The number of imide groups is 1. The van der Waals surface area contributed by atoms with Crippen LogP contribution in [-0.2, 0) is 20.7 Å². The molecule has 2 fully saturated rings. The molecule has 0 bridgehead atoms. The van der Waals surface area contributed by atoms with Crippen LogP contribution < -0.4 is 5.32 Å². The van der Waals surface area contributed by atoms with Crippen molar-refractivity contribution in [3.05, 3.63) is 46.5 Å². The molecule has 1 aromatic carbocycles. The molecule has 4 amide bonds. The number of hydrogen-bond acceptors (Lipinski definition) is 4. The average Bonchev–Trinajstić information content (AvgIpc) is 3.09. The molecule has 1 atom stereocenters. The summed E-state index contributed by atoms with van der Waals surface area (Å²) in [5.41, 5.74) is 1.01. The number of methoxy groups -OCH3 is 1. The lowest BCUT2D eigenvalue weighted by molar-refractivity contribution is -0.136. The number of carbonyl (C=O) groups is 3. The maximum absolute atomic E-state index is 13.7. The zero-order valence-corrected chi connectivity index (χ0v) is 20.6. The van der Waals surface area contributed by atoms with Crippen LogP contribution in [0, 0.1) is 5.92 Å². The molecule has 8 heteroatoms. The molecule has 2 heterocycles. The van der Waals surface area contributed by atoms with Crippen LogP contribution in [0.15, 0.2) is 35.9 Å². The number of nitrogens with zero attached hydrogens (tertiary/aromatic N) is 2. The van der Waals surface area contributed by atoms with Gasteiger partial charge in [-0.1, -0.05) is 41.4 Å². The van der Waals surface area contributed by atoms with Gasteiger partial charge in [0.05, 0.1) is 13.2 Å². The van der Waals surface area contributed by atoms with Crippen molar-refractivity contribution in [2.75, 3.05) is 33.4 Å². The molecule has 2 saturated heterocycles. The Kier molecular flexibility index (Phi) is 7.94. The van der Waals surface area contributed by atoms with Gasteiger partial charge in [-0.05, 0) is 56.1 Å². The second-order valence-corrected chi connectivity index (χ2v) is 9.97. The largest absolute Gasteiger partial charge is 0.383 e. The highest BCUT2D eigenvalue weighted by Gasteiger charge is 2.56. The Morgan fingerprint density at radius 2 is 1.97 bits per heavy atom. The Labute approximate surface area is 206 Å². The molecule has 0 spiro atoms. The molecule has 0 aromatic heterocycles. The molecular weight excluding hydrogens is 454 g/mol. The van der Waals surface area contributed by atoms with Crippen LogP contribution in [0.3, 0.4) is 0 Å². The lowest BCUT2D eigenvalue weighted by Crippen LogP contribution is -2.58. The minimum atomic E-state index is -1.07.